The van der Waals surface area contributed by atoms with Gasteiger partial charge >= 0.3 is 0 Å². The maximum atomic E-state index is 12.3. The first-order valence-corrected chi connectivity index (χ1v) is 8.89. The molecule has 2 atom stereocenters. The standard InChI is InChI=1S/C17H30N2O2/c1-2-21-15-12-14(17(15)8-4-5-9-17)18-13-16(20)19-10-6-3-7-11-19/h14-15,18H,2-13H2,1H3. The highest BCUT2D eigenvalue weighted by Gasteiger charge is 2.56. The lowest BCUT2D eigenvalue weighted by molar-refractivity contribution is -0.139. The van der Waals surface area contributed by atoms with E-state index in [4.69, 9.17) is 4.74 Å². The van der Waals surface area contributed by atoms with Crippen molar-refractivity contribution in [2.75, 3.05) is 26.2 Å². The molecular formula is C17H30N2O2. The van der Waals surface area contributed by atoms with Crippen LogP contribution in [0.2, 0.25) is 0 Å². The number of nitrogens with zero attached hydrogens (tertiary/aromatic N) is 1. The Morgan fingerprint density at radius 2 is 1.90 bits per heavy atom. The summed E-state index contributed by atoms with van der Waals surface area (Å²) in [4.78, 5) is 14.3. The summed E-state index contributed by atoms with van der Waals surface area (Å²) in [7, 11) is 0. The summed E-state index contributed by atoms with van der Waals surface area (Å²) in [5.41, 5.74) is 0.332. The fraction of sp³-hybridized carbons (Fsp3) is 0.941. The number of carbonyl (C=O) groups excluding carboxylic acids is 1. The van der Waals surface area contributed by atoms with Gasteiger partial charge in [-0.3, -0.25) is 4.79 Å². The molecule has 1 spiro atoms. The van der Waals surface area contributed by atoms with Crippen LogP contribution in [0.3, 0.4) is 0 Å². The summed E-state index contributed by atoms with van der Waals surface area (Å²) >= 11 is 0. The van der Waals surface area contributed by atoms with Crippen LogP contribution in [0.25, 0.3) is 0 Å². The SMILES string of the molecule is CCOC1CC(NCC(=O)N2CCCCC2)C12CCCC2. The molecule has 1 aliphatic heterocycles. The van der Waals surface area contributed by atoms with E-state index in [9.17, 15) is 4.79 Å². The first-order valence-electron chi connectivity index (χ1n) is 8.89. The molecule has 3 rings (SSSR count). The van der Waals surface area contributed by atoms with Crippen LogP contribution in [-0.4, -0.2) is 49.2 Å². The van der Waals surface area contributed by atoms with Gasteiger partial charge in [0, 0.05) is 31.2 Å². The second-order valence-electron chi connectivity index (χ2n) is 6.99. The molecule has 0 radical (unpaired) electrons. The fourth-order valence-corrected chi connectivity index (χ4v) is 4.64. The van der Waals surface area contributed by atoms with Crippen molar-refractivity contribution in [1.82, 2.24) is 10.2 Å². The lowest BCUT2D eigenvalue weighted by Crippen LogP contribution is -2.63. The van der Waals surface area contributed by atoms with Crippen molar-refractivity contribution in [3.05, 3.63) is 0 Å². The molecule has 120 valence electrons. The molecule has 2 unspecified atom stereocenters. The number of carbonyl (C=O) groups is 1. The van der Waals surface area contributed by atoms with Crippen molar-refractivity contribution in [3.8, 4) is 0 Å². The van der Waals surface area contributed by atoms with Gasteiger partial charge in [0.15, 0.2) is 0 Å². The van der Waals surface area contributed by atoms with Gasteiger partial charge in [0.25, 0.3) is 0 Å². The number of likely N-dealkylation sites (tertiary alicyclic amines) is 1. The third-order valence-electron chi connectivity index (χ3n) is 5.90. The van der Waals surface area contributed by atoms with E-state index in [2.05, 4.69) is 12.2 Å². The van der Waals surface area contributed by atoms with E-state index >= 15 is 0 Å². The van der Waals surface area contributed by atoms with Crippen LogP contribution in [0.4, 0.5) is 0 Å². The maximum absolute atomic E-state index is 12.3. The van der Waals surface area contributed by atoms with Gasteiger partial charge in [-0.2, -0.15) is 0 Å². The Bertz CT molecular complexity index is 360. The number of piperidine rings is 1. The normalized spacial score (nSPS) is 31.4. The molecule has 1 saturated heterocycles. The largest absolute Gasteiger partial charge is 0.378 e. The molecule has 3 fully saturated rings. The second-order valence-corrected chi connectivity index (χ2v) is 6.99. The van der Waals surface area contributed by atoms with Crippen LogP contribution in [0.15, 0.2) is 0 Å². The lowest BCUT2D eigenvalue weighted by atomic mass is 9.60. The first kappa shape index (κ1) is 15.3. The smallest absolute Gasteiger partial charge is 0.236 e. The first-order chi connectivity index (χ1) is 10.3. The molecule has 0 aromatic rings. The van der Waals surface area contributed by atoms with Gasteiger partial charge in [-0.1, -0.05) is 12.8 Å². The van der Waals surface area contributed by atoms with Crippen LogP contribution in [0.5, 0.6) is 0 Å². The average Bonchev–Trinajstić information content (AvgIpc) is 3.03. The molecule has 1 N–H and O–H groups in total. The third kappa shape index (κ3) is 2.98. The zero-order valence-corrected chi connectivity index (χ0v) is 13.4. The molecule has 1 heterocycles. The molecule has 0 aromatic heterocycles. The van der Waals surface area contributed by atoms with Crippen LogP contribution in [0.1, 0.15) is 58.3 Å². The van der Waals surface area contributed by atoms with E-state index in [0.29, 0.717) is 30.0 Å². The zero-order chi connectivity index (χ0) is 14.7. The van der Waals surface area contributed by atoms with E-state index in [0.717, 1.165) is 26.1 Å². The second kappa shape index (κ2) is 6.66. The van der Waals surface area contributed by atoms with Gasteiger partial charge in [0.1, 0.15) is 0 Å². The molecule has 3 aliphatic rings. The van der Waals surface area contributed by atoms with Gasteiger partial charge in [0.2, 0.25) is 5.91 Å². The number of hydrogen-bond donors (Lipinski definition) is 1. The summed E-state index contributed by atoms with van der Waals surface area (Å²) in [6.45, 7) is 5.33. The van der Waals surface area contributed by atoms with Crippen LogP contribution >= 0.6 is 0 Å². The van der Waals surface area contributed by atoms with Crippen molar-refractivity contribution >= 4 is 5.91 Å². The van der Waals surface area contributed by atoms with Crippen LogP contribution in [0, 0.1) is 5.41 Å². The number of amides is 1. The Morgan fingerprint density at radius 3 is 2.57 bits per heavy atom. The Morgan fingerprint density at radius 1 is 1.19 bits per heavy atom. The molecule has 0 bridgehead atoms. The molecular weight excluding hydrogens is 264 g/mol. The Kier molecular flexibility index (Phi) is 4.85. The van der Waals surface area contributed by atoms with Crippen molar-refractivity contribution in [2.45, 2.75) is 70.4 Å². The van der Waals surface area contributed by atoms with Gasteiger partial charge in [-0.05, 0) is 45.4 Å². The minimum atomic E-state index is 0.294. The Balaban J connectivity index is 1.50. The van der Waals surface area contributed by atoms with Gasteiger partial charge in [-0.15, -0.1) is 0 Å². The van der Waals surface area contributed by atoms with E-state index in [1.807, 2.05) is 4.90 Å². The van der Waals surface area contributed by atoms with E-state index in [-0.39, 0.29) is 0 Å². The summed E-state index contributed by atoms with van der Waals surface area (Å²) in [5.74, 6) is 0.294. The Labute approximate surface area is 128 Å². The molecule has 4 heteroatoms. The van der Waals surface area contributed by atoms with Gasteiger partial charge in [0.05, 0.1) is 12.6 Å². The molecule has 2 saturated carbocycles. The third-order valence-corrected chi connectivity index (χ3v) is 5.90. The molecule has 1 amide bonds. The van der Waals surface area contributed by atoms with Crippen molar-refractivity contribution in [1.29, 1.82) is 0 Å². The monoisotopic (exact) mass is 294 g/mol. The summed E-state index contributed by atoms with van der Waals surface area (Å²) in [6, 6.07) is 0.491. The van der Waals surface area contributed by atoms with Gasteiger partial charge < -0.3 is 15.0 Å². The zero-order valence-electron chi connectivity index (χ0n) is 13.4. The van der Waals surface area contributed by atoms with Crippen molar-refractivity contribution in [2.24, 2.45) is 5.41 Å². The van der Waals surface area contributed by atoms with Crippen LogP contribution in [-0.2, 0) is 9.53 Å². The van der Waals surface area contributed by atoms with Crippen molar-refractivity contribution < 1.29 is 9.53 Å². The summed E-state index contributed by atoms with van der Waals surface area (Å²) in [6.07, 6.45) is 10.3. The molecule has 0 aromatic carbocycles. The number of hydrogen-bond acceptors (Lipinski definition) is 3. The molecule has 21 heavy (non-hydrogen) atoms. The topological polar surface area (TPSA) is 41.6 Å². The quantitative estimate of drug-likeness (QED) is 0.846. The molecule has 2 aliphatic carbocycles. The summed E-state index contributed by atoms with van der Waals surface area (Å²) in [5, 5.41) is 3.57. The highest BCUT2D eigenvalue weighted by Crippen LogP contribution is 2.54. The highest BCUT2D eigenvalue weighted by molar-refractivity contribution is 5.78. The predicted molar refractivity (Wildman–Crippen MR) is 83.2 cm³/mol. The maximum Gasteiger partial charge on any atom is 0.236 e. The number of rotatable bonds is 5. The number of ether oxygens (including phenoxy) is 1. The minimum Gasteiger partial charge on any atom is -0.378 e. The number of nitrogens with one attached hydrogen (secondary N) is 1. The molecule has 4 nitrogen and oxygen atoms in total. The fourth-order valence-electron chi connectivity index (χ4n) is 4.64. The van der Waals surface area contributed by atoms with Crippen molar-refractivity contribution in [3.63, 3.8) is 0 Å². The highest BCUT2D eigenvalue weighted by atomic mass is 16.5. The average molecular weight is 294 g/mol. The Hall–Kier alpha value is -0.610. The van der Waals surface area contributed by atoms with E-state index < -0.39 is 0 Å². The predicted octanol–water partition coefficient (Wildman–Crippen LogP) is 2.33. The minimum absolute atomic E-state index is 0.294. The van der Waals surface area contributed by atoms with Crippen LogP contribution < -0.4 is 5.32 Å². The van der Waals surface area contributed by atoms with E-state index in [1.54, 1.807) is 0 Å². The summed E-state index contributed by atoms with van der Waals surface area (Å²) < 4.78 is 5.93. The lowest BCUT2D eigenvalue weighted by Gasteiger charge is -2.54. The van der Waals surface area contributed by atoms with E-state index in [1.165, 1.54) is 44.9 Å². The van der Waals surface area contributed by atoms with Gasteiger partial charge in [-0.25, -0.2) is 0 Å².